The molecule has 22 heavy (non-hydrogen) atoms. The highest BCUT2D eigenvalue weighted by atomic mass is 16.6. The van der Waals surface area contributed by atoms with Crippen LogP contribution in [0.3, 0.4) is 0 Å². The summed E-state index contributed by atoms with van der Waals surface area (Å²) >= 11 is 0. The van der Waals surface area contributed by atoms with Crippen LogP contribution < -0.4 is 5.32 Å². The third-order valence-corrected chi connectivity index (χ3v) is 5.01. The van der Waals surface area contributed by atoms with Crippen molar-refractivity contribution in [2.75, 3.05) is 0 Å². The topological polar surface area (TPSA) is 75.7 Å². The van der Waals surface area contributed by atoms with E-state index in [4.69, 9.17) is 12.6 Å². The molecule has 3 unspecified atom stereocenters. The Morgan fingerprint density at radius 2 is 1.77 bits per heavy atom. The van der Waals surface area contributed by atoms with Gasteiger partial charge in [-0.2, -0.15) is 0 Å². The molecule has 2 heterocycles. The standard InChI is InChI=1S/C15H21BN2O4/c16-15(9-8-12(19)17-13(15)20)18-10-6-4-2-1-3-5-7-11(10)22-14(18)21/h10-11H,1-9H2,(H,17,19,20). The number of fused-ring (bicyclic) bond motifs is 1. The molecule has 1 aliphatic carbocycles. The summed E-state index contributed by atoms with van der Waals surface area (Å²) in [6, 6.07) is -0.172. The second kappa shape index (κ2) is 5.93. The lowest BCUT2D eigenvalue weighted by Crippen LogP contribution is -2.66. The fourth-order valence-electron chi connectivity index (χ4n) is 3.77. The first-order valence-corrected chi connectivity index (χ1v) is 8.15. The van der Waals surface area contributed by atoms with Gasteiger partial charge in [0, 0.05) is 6.42 Å². The number of nitrogens with zero attached hydrogens (tertiary/aromatic N) is 1. The van der Waals surface area contributed by atoms with Gasteiger partial charge in [0.15, 0.2) is 0 Å². The molecule has 6 nitrogen and oxygen atoms in total. The summed E-state index contributed by atoms with van der Waals surface area (Å²) in [6.07, 6.45) is 6.63. The fraction of sp³-hybridized carbons (Fsp3) is 0.800. The number of carbonyl (C=O) groups excluding carboxylic acids is 3. The molecule has 118 valence electrons. The number of piperidine rings is 1. The molecule has 3 rings (SSSR count). The molecule has 1 N–H and O–H groups in total. The van der Waals surface area contributed by atoms with Crippen molar-refractivity contribution in [3.05, 3.63) is 0 Å². The van der Waals surface area contributed by atoms with Gasteiger partial charge in [0.05, 0.1) is 11.5 Å². The third kappa shape index (κ3) is 2.61. The van der Waals surface area contributed by atoms with Crippen molar-refractivity contribution in [3.8, 4) is 0 Å². The summed E-state index contributed by atoms with van der Waals surface area (Å²) in [5.74, 6) is -0.939. The monoisotopic (exact) mass is 304 g/mol. The molecular weight excluding hydrogens is 283 g/mol. The molecule has 7 heteroatoms. The summed E-state index contributed by atoms with van der Waals surface area (Å²) in [4.78, 5) is 37.4. The van der Waals surface area contributed by atoms with E-state index in [-0.39, 0.29) is 30.9 Å². The Kier molecular flexibility index (Phi) is 4.15. The number of hydrogen-bond donors (Lipinski definition) is 1. The highest BCUT2D eigenvalue weighted by Gasteiger charge is 2.54. The van der Waals surface area contributed by atoms with Crippen LogP contribution in [0.15, 0.2) is 0 Å². The van der Waals surface area contributed by atoms with Gasteiger partial charge in [-0.25, -0.2) is 4.79 Å². The van der Waals surface area contributed by atoms with Gasteiger partial charge >= 0.3 is 6.09 Å². The van der Waals surface area contributed by atoms with Gasteiger partial charge in [-0.1, -0.05) is 25.7 Å². The largest absolute Gasteiger partial charge is 0.444 e. The summed E-state index contributed by atoms with van der Waals surface area (Å²) in [5, 5.41) is 2.25. The van der Waals surface area contributed by atoms with Crippen molar-refractivity contribution in [1.82, 2.24) is 10.2 Å². The van der Waals surface area contributed by atoms with Crippen molar-refractivity contribution in [2.24, 2.45) is 0 Å². The lowest BCUT2D eigenvalue weighted by atomic mass is 9.69. The van der Waals surface area contributed by atoms with Crippen LogP contribution in [-0.2, 0) is 14.3 Å². The van der Waals surface area contributed by atoms with Crippen LogP contribution in [0.4, 0.5) is 4.79 Å². The Hall–Kier alpha value is -1.53. The Balaban J connectivity index is 1.85. The van der Waals surface area contributed by atoms with Crippen LogP contribution in [0.5, 0.6) is 0 Å². The zero-order valence-corrected chi connectivity index (χ0v) is 12.7. The van der Waals surface area contributed by atoms with Crippen LogP contribution in [0.2, 0.25) is 0 Å². The van der Waals surface area contributed by atoms with Crippen molar-refractivity contribution in [3.63, 3.8) is 0 Å². The summed E-state index contributed by atoms with van der Waals surface area (Å²) in [5.41, 5.74) is -1.47. The molecule has 0 aromatic carbocycles. The van der Waals surface area contributed by atoms with E-state index >= 15 is 0 Å². The maximum absolute atomic E-state index is 12.3. The van der Waals surface area contributed by atoms with Gasteiger partial charge < -0.3 is 4.74 Å². The third-order valence-electron chi connectivity index (χ3n) is 5.01. The van der Waals surface area contributed by atoms with E-state index in [0.29, 0.717) is 0 Å². The molecular formula is C15H21BN2O4. The highest BCUT2D eigenvalue weighted by Crippen LogP contribution is 2.36. The maximum Gasteiger partial charge on any atom is 0.410 e. The first-order chi connectivity index (χ1) is 10.5. The first kappa shape index (κ1) is 15.4. The molecule has 2 radical (unpaired) electrons. The highest BCUT2D eigenvalue weighted by molar-refractivity contribution is 6.31. The Morgan fingerprint density at radius 3 is 2.50 bits per heavy atom. The smallest absolute Gasteiger partial charge is 0.410 e. The second-order valence-corrected chi connectivity index (χ2v) is 6.51. The van der Waals surface area contributed by atoms with Crippen molar-refractivity contribution < 1.29 is 19.1 Å². The molecule has 2 saturated heterocycles. The first-order valence-electron chi connectivity index (χ1n) is 8.15. The Labute approximate surface area is 131 Å². The maximum atomic E-state index is 12.3. The van der Waals surface area contributed by atoms with E-state index in [1.165, 1.54) is 11.3 Å². The Bertz CT molecular complexity index is 498. The number of ether oxygens (including phenoxy) is 1. The zero-order chi connectivity index (χ0) is 15.7. The van der Waals surface area contributed by atoms with Crippen LogP contribution in [-0.4, -0.2) is 48.2 Å². The van der Waals surface area contributed by atoms with Crippen LogP contribution >= 0.6 is 0 Å². The molecule has 0 aromatic rings. The van der Waals surface area contributed by atoms with Crippen molar-refractivity contribution in [1.29, 1.82) is 0 Å². The van der Waals surface area contributed by atoms with E-state index in [1.54, 1.807) is 0 Å². The predicted molar refractivity (Wildman–Crippen MR) is 79.1 cm³/mol. The second-order valence-electron chi connectivity index (χ2n) is 6.51. The fourth-order valence-corrected chi connectivity index (χ4v) is 3.77. The van der Waals surface area contributed by atoms with Crippen molar-refractivity contribution in [2.45, 2.75) is 75.4 Å². The number of rotatable bonds is 1. The van der Waals surface area contributed by atoms with Gasteiger partial charge in [0.25, 0.3) is 0 Å². The number of imide groups is 1. The lowest BCUT2D eigenvalue weighted by Gasteiger charge is -2.42. The quantitative estimate of drug-likeness (QED) is 0.584. The SMILES string of the molecule is [B]C1(N2C(=O)OC3CCCCCCCC32)CCC(=O)NC1=O. The molecule has 0 bridgehead atoms. The van der Waals surface area contributed by atoms with E-state index in [0.717, 1.165) is 38.5 Å². The van der Waals surface area contributed by atoms with Gasteiger partial charge in [-0.3, -0.25) is 19.8 Å². The summed E-state index contributed by atoms with van der Waals surface area (Å²) in [7, 11) is 6.26. The average Bonchev–Trinajstić information content (AvgIpc) is 2.82. The van der Waals surface area contributed by atoms with Gasteiger partial charge in [0.2, 0.25) is 11.8 Å². The molecule has 2 aliphatic heterocycles. The summed E-state index contributed by atoms with van der Waals surface area (Å²) < 4.78 is 5.50. The van der Waals surface area contributed by atoms with Crippen LogP contribution in [0.25, 0.3) is 0 Å². The van der Waals surface area contributed by atoms with Gasteiger partial charge in [0.1, 0.15) is 14.0 Å². The minimum atomic E-state index is -1.47. The molecule has 3 amide bonds. The number of amides is 3. The van der Waals surface area contributed by atoms with E-state index in [9.17, 15) is 14.4 Å². The molecule has 3 atom stereocenters. The molecule has 0 spiro atoms. The number of nitrogens with one attached hydrogen (secondary N) is 1. The molecule has 0 aromatic heterocycles. The summed E-state index contributed by atoms with van der Waals surface area (Å²) in [6.45, 7) is 0. The van der Waals surface area contributed by atoms with E-state index in [2.05, 4.69) is 5.32 Å². The van der Waals surface area contributed by atoms with Crippen LogP contribution in [0.1, 0.15) is 57.8 Å². The zero-order valence-electron chi connectivity index (χ0n) is 12.7. The minimum Gasteiger partial charge on any atom is -0.444 e. The van der Waals surface area contributed by atoms with E-state index in [1.807, 2.05) is 0 Å². The van der Waals surface area contributed by atoms with Gasteiger partial charge in [-0.05, 0) is 25.7 Å². The normalized spacial score (nSPS) is 36.7. The van der Waals surface area contributed by atoms with E-state index < -0.39 is 17.4 Å². The van der Waals surface area contributed by atoms with Crippen LogP contribution in [0, 0.1) is 0 Å². The Morgan fingerprint density at radius 1 is 1.09 bits per heavy atom. The number of hydrogen-bond acceptors (Lipinski definition) is 4. The molecule has 3 fully saturated rings. The molecule has 3 aliphatic rings. The average molecular weight is 304 g/mol. The van der Waals surface area contributed by atoms with Crippen molar-refractivity contribution >= 4 is 25.8 Å². The van der Waals surface area contributed by atoms with Gasteiger partial charge in [-0.15, -0.1) is 0 Å². The minimum absolute atomic E-state index is 0.142. The number of carbonyl (C=O) groups is 3. The molecule has 1 saturated carbocycles. The lowest BCUT2D eigenvalue weighted by molar-refractivity contribution is -0.139. The predicted octanol–water partition coefficient (Wildman–Crippen LogP) is 1.22.